The summed E-state index contributed by atoms with van der Waals surface area (Å²) in [6.45, 7) is 12.7. The van der Waals surface area contributed by atoms with Gasteiger partial charge in [-0.2, -0.15) is 5.10 Å². The third-order valence-corrected chi connectivity index (χ3v) is 5.94. The molecule has 0 radical (unpaired) electrons. The number of nitrogens with zero attached hydrogens (tertiary/aromatic N) is 3. The fraction of sp³-hybridized carbons (Fsp3) is 0.346. The van der Waals surface area contributed by atoms with Crippen LogP contribution >= 0.6 is 0 Å². The first-order valence-corrected chi connectivity index (χ1v) is 11.1. The molecule has 0 spiro atoms. The van der Waals surface area contributed by atoms with Crippen molar-refractivity contribution in [3.63, 3.8) is 0 Å². The lowest BCUT2D eigenvalue weighted by Crippen LogP contribution is -2.29. The van der Waals surface area contributed by atoms with E-state index in [0.717, 1.165) is 28.1 Å². The molecule has 0 aliphatic carbocycles. The fourth-order valence-electron chi connectivity index (χ4n) is 4.02. The van der Waals surface area contributed by atoms with E-state index in [9.17, 15) is 4.79 Å². The van der Waals surface area contributed by atoms with E-state index in [-0.39, 0.29) is 17.1 Å². The zero-order valence-electron chi connectivity index (χ0n) is 20.3. The molecule has 1 aromatic carbocycles. The average molecular weight is 446 g/mol. The van der Waals surface area contributed by atoms with E-state index < -0.39 is 0 Å². The Labute approximate surface area is 194 Å². The van der Waals surface area contributed by atoms with Crippen molar-refractivity contribution in [1.82, 2.24) is 20.2 Å². The normalized spacial score (nSPS) is 11.7. The van der Waals surface area contributed by atoms with Crippen LogP contribution in [-0.4, -0.2) is 20.7 Å². The maximum Gasteiger partial charge on any atom is 0.305 e. The van der Waals surface area contributed by atoms with E-state index in [1.54, 1.807) is 10.7 Å². The van der Waals surface area contributed by atoms with Crippen LogP contribution in [0.3, 0.4) is 0 Å². The first kappa shape index (κ1) is 22.6. The van der Waals surface area contributed by atoms with E-state index in [0.29, 0.717) is 12.2 Å². The van der Waals surface area contributed by atoms with Crippen molar-refractivity contribution in [2.45, 2.75) is 53.4 Å². The van der Waals surface area contributed by atoms with Crippen LogP contribution in [0.1, 0.15) is 65.0 Å². The molecule has 3 aromatic heterocycles. The van der Waals surface area contributed by atoms with Gasteiger partial charge in [0.2, 0.25) is 0 Å². The number of hydrogen-bond donors (Lipinski definition) is 2. The molecule has 0 unspecified atom stereocenters. The molecule has 3 heterocycles. The number of furan rings is 1. The van der Waals surface area contributed by atoms with Gasteiger partial charge in [0.1, 0.15) is 11.6 Å². The first-order chi connectivity index (χ1) is 15.5. The van der Waals surface area contributed by atoms with Crippen molar-refractivity contribution >= 4 is 22.8 Å². The molecule has 0 fully saturated rings. The van der Waals surface area contributed by atoms with Crippen LogP contribution < -0.4 is 10.9 Å². The molecule has 0 aliphatic rings. The highest BCUT2D eigenvalue weighted by Gasteiger charge is 2.17. The van der Waals surface area contributed by atoms with Crippen LogP contribution in [0.4, 0.5) is 5.82 Å². The van der Waals surface area contributed by atoms with E-state index in [1.807, 2.05) is 33.0 Å². The van der Waals surface area contributed by atoms with Gasteiger partial charge in [0, 0.05) is 18.9 Å². The summed E-state index contributed by atoms with van der Waals surface area (Å²) in [5.74, 6) is 1.17. The Morgan fingerprint density at radius 1 is 1.06 bits per heavy atom. The molecule has 7 heteroatoms. The Bertz CT molecular complexity index is 1340. The number of carbonyl (C=O) groups excluding carboxylic acids is 1. The van der Waals surface area contributed by atoms with E-state index in [4.69, 9.17) is 4.42 Å². The van der Waals surface area contributed by atoms with Crippen LogP contribution in [-0.2, 0) is 18.9 Å². The van der Waals surface area contributed by atoms with Crippen molar-refractivity contribution in [2.75, 3.05) is 5.43 Å². The highest BCUT2D eigenvalue weighted by molar-refractivity contribution is 5.92. The molecule has 0 atom stereocenters. The van der Waals surface area contributed by atoms with Crippen LogP contribution in [0.25, 0.3) is 11.0 Å². The quantitative estimate of drug-likeness (QED) is 0.416. The van der Waals surface area contributed by atoms with Gasteiger partial charge in [-0.1, -0.05) is 39.0 Å². The molecule has 33 heavy (non-hydrogen) atoms. The number of hydrazine groups is 1. The summed E-state index contributed by atoms with van der Waals surface area (Å²) in [7, 11) is 1.85. The highest BCUT2D eigenvalue weighted by Crippen LogP contribution is 2.26. The molecular weight excluding hydrogens is 414 g/mol. The molecule has 0 saturated carbocycles. The minimum Gasteiger partial charge on any atom is -0.456 e. The van der Waals surface area contributed by atoms with Gasteiger partial charge < -0.3 is 4.42 Å². The van der Waals surface area contributed by atoms with Gasteiger partial charge in [-0.25, -0.2) is 4.98 Å². The molecule has 0 bridgehead atoms. The van der Waals surface area contributed by atoms with Gasteiger partial charge in [0.05, 0.1) is 5.69 Å². The van der Waals surface area contributed by atoms with E-state index >= 15 is 0 Å². The Morgan fingerprint density at radius 2 is 1.82 bits per heavy atom. The number of rotatable bonds is 5. The summed E-state index contributed by atoms with van der Waals surface area (Å²) in [5.41, 5.74) is 12.0. The van der Waals surface area contributed by atoms with Gasteiger partial charge in [0.25, 0.3) is 0 Å². The number of nitrogens with one attached hydrogen (secondary N) is 2. The smallest absolute Gasteiger partial charge is 0.305 e. The van der Waals surface area contributed by atoms with Crippen LogP contribution in [0.5, 0.6) is 0 Å². The van der Waals surface area contributed by atoms with Crippen molar-refractivity contribution in [1.29, 1.82) is 0 Å². The summed E-state index contributed by atoms with van der Waals surface area (Å²) in [4.78, 5) is 17.2. The number of amides is 1. The van der Waals surface area contributed by atoms with Crippen LogP contribution in [0.15, 0.2) is 40.8 Å². The SMILES string of the molecule is Cc1ccc(C(C)(C)C)cc1Cc1ccc(C(=O)NNc2cc(C)c3c(C)nn(C)c3n2)o1. The van der Waals surface area contributed by atoms with Crippen LogP contribution in [0, 0.1) is 20.8 Å². The third-order valence-electron chi connectivity index (χ3n) is 5.94. The first-order valence-electron chi connectivity index (χ1n) is 11.1. The Balaban J connectivity index is 1.46. The lowest BCUT2D eigenvalue weighted by atomic mass is 9.85. The third kappa shape index (κ3) is 4.62. The average Bonchev–Trinajstić information content (AvgIpc) is 3.31. The summed E-state index contributed by atoms with van der Waals surface area (Å²) in [6.07, 6.45) is 0.633. The van der Waals surface area contributed by atoms with Gasteiger partial charge in [-0.3, -0.25) is 20.3 Å². The number of hydrogen-bond acceptors (Lipinski definition) is 5. The number of benzene rings is 1. The molecule has 4 aromatic rings. The molecule has 4 rings (SSSR count). The summed E-state index contributed by atoms with van der Waals surface area (Å²) < 4.78 is 7.58. The predicted molar refractivity (Wildman–Crippen MR) is 130 cm³/mol. The lowest BCUT2D eigenvalue weighted by Gasteiger charge is -2.20. The lowest BCUT2D eigenvalue weighted by molar-refractivity contribution is 0.0933. The maximum absolute atomic E-state index is 12.6. The standard InChI is InChI=1S/C26H31N5O2/c1-15-8-9-19(26(4,5)6)13-18(15)14-20-10-11-21(33-20)25(32)29-28-22-12-16(2)23-17(3)30-31(7)24(23)27-22/h8-13H,14H2,1-7H3,(H,27,28)(H,29,32). The summed E-state index contributed by atoms with van der Waals surface area (Å²) in [6, 6.07) is 12.0. The van der Waals surface area contributed by atoms with E-state index in [1.165, 1.54) is 16.7 Å². The van der Waals surface area contributed by atoms with Crippen molar-refractivity contribution in [3.05, 3.63) is 75.9 Å². The van der Waals surface area contributed by atoms with Gasteiger partial charge in [-0.05, 0) is 66.6 Å². The second kappa shape index (κ2) is 8.39. The molecule has 2 N–H and O–H groups in total. The monoisotopic (exact) mass is 445 g/mol. The van der Waals surface area contributed by atoms with Crippen molar-refractivity contribution < 1.29 is 9.21 Å². The second-order valence-electron chi connectivity index (χ2n) is 9.65. The molecular formula is C26H31N5O2. The fourth-order valence-corrected chi connectivity index (χ4v) is 4.02. The summed E-state index contributed by atoms with van der Waals surface area (Å²) >= 11 is 0. The largest absolute Gasteiger partial charge is 0.456 e. The topological polar surface area (TPSA) is 85.0 Å². The Morgan fingerprint density at radius 3 is 2.55 bits per heavy atom. The number of carbonyl (C=O) groups is 1. The zero-order chi connectivity index (χ0) is 23.9. The Hall–Kier alpha value is -3.61. The molecule has 0 saturated heterocycles. The number of aromatic nitrogens is 3. The number of aryl methyl sites for hydroxylation is 4. The predicted octanol–water partition coefficient (Wildman–Crippen LogP) is 5.13. The number of fused-ring (bicyclic) bond motifs is 1. The second-order valence-corrected chi connectivity index (χ2v) is 9.65. The highest BCUT2D eigenvalue weighted by atomic mass is 16.4. The molecule has 7 nitrogen and oxygen atoms in total. The molecule has 172 valence electrons. The Kier molecular flexibility index (Phi) is 5.74. The number of anilines is 1. The van der Waals surface area contributed by atoms with Crippen molar-refractivity contribution in [2.24, 2.45) is 7.05 Å². The van der Waals surface area contributed by atoms with Gasteiger partial charge >= 0.3 is 5.91 Å². The van der Waals surface area contributed by atoms with E-state index in [2.05, 4.69) is 66.8 Å². The van der Waals surface area contributed by atoms with Gasteiger partial charge in [-0.15, -0.1) is 0 Å². The maximum atomic E-state index is 12.6. The van der Waals surface area contributed by atoms with Crippen molar-refractivity contribution in [3.8, 4) is 0 Å². The minimum absolute atomic E-state index is 0.0753. The number of pyridine rings is 1. The molecule has 1 amide bonds. The minimum atomic E-state index is -0.359. The molecule has 0 aliphatic heterocycles. The summed E-state index contributed by atoms with van der Waals surface area (Å²) in [5, 5.41) is 5.44. The van der Waals surface area contributed by atoms with Gasteiger partial charge in [0.15, 0.2) is 11.4 Å². The zero-order valence-corrected chi connectivity index (χ0v) is 20.3. The van der Waals surface area contributed by atoms with Crippen LogP contribution in [0.2, 0.25) is 0 Å².